The lowest BCUT2D eigenvalue weighted by atomic mass is 9.89. The van der Waals surface area contributed by atoms with E-state index in [1.54, 1.807) is 0 Å². The zero-order valence-electron chi connectivity index (χ0n) is 8.48. The van der Waals surface area contributed by atoms with Crippen LogP contribution in [0.15, 0.2) is 42.5 Å². The van der Waals surface area contributed by atoms with Gasteiger partial charge in [0.1, 0.15) is 0 Å². The Bertz CT molecular complexity index is 328. The predicted molar refractivity (Wildman–Crippen MR) is 58.1 cm³/mol. The van der Waals surface area contributed by atoms with Crippen molar-refractivity contribution in [3.8, 4) is 0 Å². The molecule has 0 heterocycles. The van der Waals surface area contributed by atoms with Gasteiger partial charge in [0.2, 0.25) is 0 Å². The van der Waals surface area contributed by atoms with Gasteiger partial charge < -0.3 is 5.11 Å². The second-order valence-electron chi connectivity index (χ2n) is 4.13. The predicted octanol–water partition coefficient (Wildman–Crippen LogP) is 2.73. The highest BCUT2D eigenvalue weighted by Crippen LogP contribution is 2.42. The van der Waals surface area contributed by atoms with Gasteiger partial charge in [-0.25, -0.2) is 0 Å². The van der Waals surface area contributed by atoms with Gasteiger partial charge in [-0.2, -0.15) is 0 Å². The van der Waals surface area contributed by atoms with Crippen LogP contribution in [0.25, 0.3) is 0 Å². The molecule has 74 valence electrons. The van der Waals surface area contributed by atoms with Crippen molar-refractivity contribution in [2.45, 2.75) is 25.4 Å². The Balaban J connectivity index is 2.26. The number of hydrogen-bond donors (Lipinski definition) is 1. The topological polar surface area (TPSA) is 20.2 Å². The molecule has 1 aromatic carbocycles. The molecule has 0 aliphatic heterocycles. The summed E-state index contributed by atoms with van der Waals surface area (Å²) in [7, 11) is 0. The van der Waals surface area contributed by atoms with E-state index < -0.39 is 0 Å². The molecular formula is C13H16O. The molecule has 0 radical (unpaired) electrons. The molecule has 0 saturated heterocycles. The van der Waals surface area contributed by atoms with Crippen LogP contribution >= 0.6 is 0 Å². The molecule has 1 fully saturated rings. The second-order valence-corrected chi connectivity index (χ2v) is 4.13. The van der Waals surface area contributed by atoms with E-state index in [4.69, 9.17) is 0 Å². The van der Waals surface area contributed by atoms with Gasteiger partial charge in [0, 0.05) is 0 Å². The van der Waals surface area contributed by atoms with Crippen molar-refractivity contribution in [2.75, 3.05) is 0 Å². The minimum atomic E-state index is -0.310. The van der Waals surface area contributed by atoms with Gasteiger partial charge in [-0.05, 0) is 29.4 Å². The van der Waals surface area contributed by atoms with Crippen LogP contribution in [0.4, 0.5) is 0 Å². The molecule has 1 unspecified atom stereocenters. The molecule has 0 aromatic heterocycles. The molecule has 0 bridgehead atoms. The fraction of sp³-hybridized carbons (Fsp3) is 0.385. The molecule has 1 N–H and O–H groups in total. The molecule has 1 aliphatic carbocycles. The normalized spacial score (nSPS) is 32.1. The summed E-state index contributed by atoms with van der Waals surface area (Å²) in [6.07, 6.45) is 0.513. The third-order valence-corrected chi connectivity index (χ3v) is 3.32. The van der Waals surface area contributed by atoms with E-state index in [1.807, 2.05) is 6.07 Å². The minimum absolute atomic E-state index is 0.310. The van der Waals surface area contributed by atoms with Crippen LogP contribution in [0.5, 0.6) is 0 Å². The second kappa shape index (κ2) is 3.58. The summed E-state index contributed by atoms with van der Waals surface area (Å²) >= 11 is 0. The molecule has 0 amide bonds. The van der Waals surface area contributed by atoms with E-state index in [9.17, 15) is 5.11 Å². The number of aliphatic hydroxyl groups excluding tert-OH is 1. The lowest BCUT2D eigenvalue weighted by Gasteiger charge is -2.15. The molecule has 1 aliphatic rings. The van der Waals surface area contributed by atoms with E-state index in [-0.39, 0.29) is 6.10 Å². The van der Waals surface area contributed by atoms with Crippen molar-refractivity contribution in [1.82, 2.24) is 0 Å². The Morgan fingerprint density at radius 3 is 2.43 bits per heavy atom. The first-order chi connectivity index (χ1) is 6.70. The van der Waals surface area contributed by atoms with Crippen molar-refractivity contribution in [3.63, 3.8) is 0 Å². The van der Waals surface area contributed by atoms with Crippen LogP contribution in [0, 0.1) is 5.92 Å². The number of aliphatic hydroxyl groups is 1. The molecule has 1 aromatic rings. The van der Waals surface area contributed by atoms with Crippen molar-refractivity contribution < 1.29 is 5.11 Å². The van der Waals surface area contributed by atoms with E-state index >= 15 is 0 Å². The summed E-state index contributed by atoms with van der Waals surface area (Å²) in [6.45, 7) is 6.09. The van der Waals surface area contributed by atoms with Crippen LogP contribution in [-0.2, 0) is 0 Å². The van der Waals surface area contributed by atoms with Gasteiger partial charge in [-0.15, -0.1) is 0 Å². The fourth-order valence-corrected chi connectivity index (χ4v) is 2.28. The maximum atomic E-state index is 9.70. The van der Waals surface area contributed by atoms with E-state index in [0.717, 1.165) is 12.0 Å². The average molecular weight is 188 g/mol. The monoisotopic (exact) mass is 188 g/mol. The van der Waals surface area contributed by atoms with Crippen LogP contribution in [-0.4, -0.2) is 11.2 Å². The SMILES string of the molecule is C=C1C(O)C[C@H](c2ccccc2)[C@H]1C. The largest absolute Gasteiger partial charge is 0.389 e. The Labute approximate surface area is 85.1 Å². The van der Waals surface area contributed by atoms with Crippen molar-refractivity contribution in [3.05, 3.63) is 48.0 Å². The van der Waals surface area contributed by atoms with Crippen molar-refractivity contribution in [1.29, 1.82) is 0 Å². The molecule has 1 saturated carbocycles. The maximum absolute atomic E-state index is 9.70. The Hall–Kier alpha value is -1.08. The summed E-state index contributed by atoms with van der Waals surface area (Å²) in [5, 5.41) is 9.70. The Morgan fingerprint density at radius 1 is 1.29 bits per heavy atom. The minimum Gasteiger partial charge on any atom is -0.389 e. The van der Waals surface area contributed by atoms with Gasteiger partial charge in [0.25, 0.3) is 0 Å². The fourth-order valence-electron chi connectivity index (χ4n) is 2.28. The highest BCUT2D eigenvalue weighted by atomic mass is 16.3. The highest BCUT2D eigenvalue weighted by Gasteiger charge is 2.34. The first-order valence-electron chi connectivity index (χ1n) is 5.12. The molecule has 2 rings (SSSR count). The van der Waals surface area contributed by atoms with E-state index in [1.165, 1.54) is 5.56 Å². The van der Waals surface area contributed by atoms with Crippen molar-refractivity contribution >= 4 is 0 Å². The summed E-state index contributed by atoms with van der Waals surface area (Å²) in [6, 6.07) is 10.4. The van der Waals surface area contributed by atoms with Gasteiger partial charge in [0.15, 0.2) is 0 Å². The van der Waals surface area contributed by atoms with Crippen LogP contribution < -0.4 is 0 Å². The van der Waals surface area contributed by atoms with E-state index in [2.05, 4.69) is 37.8 Å². The zero-order chi connectivity index (χ0) is 10.1. The molecule has 0 spiro atoms. The van der Waals surface area contributed by atoms with E-state index in [0.29, 0.717) is 11.8 Å². The molecular weight excluding hydrogens is 172 g/mol. The van der Waals surface area contributed by atoms with Crippen LogP contribution in [0.2, 0.25) is 0 Å². The molecule has 1 nitrogen and oxygen atoms in total. The van der Waals surface area contributed by atoms with Crippen molar-refractivity contribution in [2.24, 2.45) is 5.92 Å². The summed E-state index contributed by atoms with van der Waals surface area (Å²) < 4.78 is 0. The Morgan fingerprint density at radius 2 is 1.93 bits per heavy atom. The number of rotatable bonds is 1. The first-order valence-corrected chi connectivity index (χ1v) is 5.12. The third-order valence-electron chi connectivity index (χ3n) is 3.32. The smallest absolute Gasteiger partial charge is 0.0756 e. The maximum Gasteiger partial charge on any atom is 0.0756 e. The van der Waals surface area contributed by atoms with Crippen LogP contribution in [0.1, 0.15) is 24.8 Å². The standard InChI is InChI=1S/C13H16O/c1-9-10(2)13(14)8-12(9)11-6-4-3-5-7-11/h3-7,9,12-14H,2,8H2,1H3/t9-,12-,13?/m0/s1. The molecule has 3 atom stereocenters. The van der Waals surface area contributed by atoms with Gasteiger partial charge in [-0.1, -0.05) is 43.8 Å². The van der Waals surface area contributed by atoms with Gasteiger partial charge in [0.05, 0.1) is 6.10 Å². The third kappa shape index (κ3) is 1.48. The Kier molecular flexibility index (Phi) is 2.42. The summed E-state index contributed by atoms with van der Waals surface area (Å²) in [4.78, 5) is 0. The number of hydrogen-bond acceptors (Lipinski definition) is 1. The summed E-state index contributed by atoms with van der Waals surface area (Å²) in [5.74, 6) is 0.839. The quantitative estimate of drug-likeness (QED) is 0.672. The first kappa shape index (κ1) is 9.47. The zero-order valence-corrected chi connectivity index (χ0v) is 8.48. The lowest BCUT2D eigenvalue weighted by Crippen LogP contribution is -2.03. The summed E-state index contributed by atoms with van der Waals surface area (Å²) in [5.41, 5.74) is 2.30. The van der Waals surface area contributed by atoms with Crippen LogP contribution in [0.3, 0.4) is 0 Å². The number of benzene rings is 1. The molecule has 1 heteroatoms. The lowest BCUT2D eigenvalue weighted by molar-refractivity contribution is 0.215. The average Bonchev–Trinajstić information content (AvgIpc) is 2.47. The van der Waals surface area contributed by atoms with Gasteiger partial charge in [-0.3, -0.25) is 0 Å². The van der Waals surface area contributed by atoms with Gasteiger partial charge >= 0.3 is 0 Å². The molecule has 14 heavy (non-hydrogen) atoms. The highest BCUT2D eigenvalue weighted by molar-refractivity contribution is 5.28.